The topological polar surface area (TPSA) is 97.1 Å². The maximum Gasteiger partial charge on any atom is 0.358 e. The maximum absolute atomic E-state index is 11.9. The van der Waals surface area contributed by atoms with E-state index in [-0.39, 0.29) is 24.1 Å². The average molecular weight is 296 g/mol. The van der Waals surface area contributed by atoms with Crippen molar-refractivity contribution in [2.75, 3.05) is 6.54 Å². The molecule has 0 saturated heterocycles. The third-order valence-electron chi connectivity index (χ3n) is 3.35. The van der Waals surface area contributed by atoms with Crippen molar-refractivity contribution in [3.63, 3.8) is 0 Å². The lowest BCUT2D eigenvalue weighted by atomic mass is 9.97. The van der Waals surface area contributed by atoms with Crippen molar-refractivity contribution in [3.8, 4) is 0 Å². The van der Waals surface area contributed by atoms with Gasteiger partial charge >= 0.3 is 5.97 Å². The first-order chi connectivity index (χ1) is 9.90. The molecule has 118 valence electrons. The number of nitrogens with zero attached hydrogens (tertiary/aromatic N) is 3. The zero-order valence-corrected chi connectivity index (χ0v) is 13.1. The molecule has 0 aliphatic heterocycles. The Morgan fingerprint density at radius 3 is 2.38 bits per heavy atom. The van der Waals surface area contributed by atoms with Gasteiger partial charge in [0, 0.05) is 12.5 Å². The summed E-state index contributed by atoms with van der Waals surface area (Å²) < 4.78 is 1.41. The quantitative estimate of drug-likeness (QED) is 0.760. The molecule has 1 aromatic heterocycles. The third-order valence-corrected chi connectivity index (χ3v) is 3.35. The molecule has 0 fully saturated rings. The Bertz CT molecular complexity index is 492. The number of carbonyl (C=O) groups excluding carboxylic acids is 1. The standard InChI is InChI=1S/C14H24N4O3/c1-5-10(6-2)13-12(14(20)21)16-17-18(13)8-11(19)15-7-9(3)4/h9-10H,5-8H2,1-4H3,(H,15,19)(H,20,21). The van der Waals surface area contributed by atoms with Crippen LogP contribution in [0.3, 0.4) is 0 Å². The van der Waals surface area contributed by atoms with Crippen LogP contribution in [-0.4, -0.2) is 38.5 Å². The van der Waals surface area contributed by atoms with Gasteiger partial charge in [0.1, 0.15) is 6.54 Å². The van der Waals surface area contributed by atoms with Gasteiger partial charge in [-0.15, -0.1) is 5.10 Å². The number of carbonyl (C=O) groups is 2. The van der Waals surface area contributed by atoms with Crippen molar-refractivity contribution in [1.29, 1.82) is 0 Å². The zero-order chi connectivity index (χ0) is 16.0. The van der Waals surface area contributed by atoms with Crippen LogP contribution in [0.25, 0.3) is 0 Å². The molecule has 1 rings (SSSR count). The van der Waals surface area contributed by atoms with E-state index in [1.54, 1.807) is 0 Å². The Labute approximate surface area is 124 Å². The van der Waals surface area contributed by atoms with Crippen molar-refractivity contribution in [1.82, 2.24) is 20.3 Å². The zero-order valence-electron chi connectivity index (χ0n) is 13.1. The lowest BCUT2D eigenvalue weighted by molar-refractivity contribution is -0.122. The van der Waals surface area contributed by atoms with Gasteiger partial charge in [-0.05, 0) is 18.8 Å². The Balaban J connectivity index is 2.96. The number of aromatic nitrogens is 3. The molecular weight excluding hydrogens is 272 g/mol. The van der Waals surface area contributed by atoms with Gasteiger partial charge in [0.25, 0.3) is 0 Å². The van der Waals surface area contributed by atoms with Crippen LogP contribution >= 0.6 is 0 Å². The van der Waals surface area contributed by atoms with E-state index >= 15 is 0 Å². The molecule has 21 heavy (non-hydrogen) atoms. The van der Waals surface area contributed by atoms with Crippen LogP contribution in [0.15, 0.2) is 0 Å². The van der Waals surface area contributed by atoms with E-state index in [4.69, 9.17) is 0 Å². The van der Waals surface area contributed by atoms with Crippen LogP contribution in [-0.2, 0) is 11.3 Å². The molecule has 0 atom stereocenters. The number of carboxylic acid groups (broad SMARTS) is 1. The largest absolute Gasteiger partial charge is 0.476 e. The first-order valence-corrected chi connectivity index (χ1v) is 7.33. The molecule has 7 heteroatoms. The third kappa shape index (κ3) is 4.54. The predicted molar refractivity (Wildman–Crippen MR) is 78.2 cm³/mol. The number of aromatic carboxylic acids is 1. The summed E-state index contributed by atoms with van der Waals surface area (Å²) in [5, 5.41) is 19.6. The lowest BCUT2D eigenvalue weighted by Gasteiger charge is -2.15. The Morgan fingerprint density at radius 2 is 1.90 bits per heavy atom. The second kappa shape index (κ2) is 7.75. The molecule has 0 aromatic carbocycles. The van der Waals surface area contributed by atoms with E-state index in [2.05, 4.69) is 15.6 Å². The summed E-state index contributed by atoms with van der Waals surface area (Å²) in [6, 6.07) is 0. The monoisotopic (exact) mass is 296 g/mol. The van der Waals surface area contributed by atoms with Gasteiger partial charge < -0.3 is 10.4 Å². The summed E-state index contributed by atoms with van der Waals surface area (Å²) in [4.78, 5) is 23.2. The smallest absolute Gasteiger partial charge is 0.358 e. The molecule has 7 nitrogen and oxygen atoms in total. The predicted octanol–water partition coefficient (Wildman–Crippen LogP) is 1.65. The van der Waals surface area contributed by atoms with Crippen LogP contribution in [0.4, 0.5) is 0 Å². The van der Waals surface area contributed by atoms with Gasteiger partial charge in [-0.2, -0.15) is 0 Å². The normalized spacial score (nSPS) is 11.1. The lowest BCUT2D eigenvalue weighted by Crippen LogP contribution is -2.31. The van der Waals surface area contributed by atoms with Crippen LogP contribution in [0.2, 0.25) is 0 Å². The van der Waals surface area contributed by atoms with Crippen LogP contribution in [0.1, 0.15) is 62.6 Å². The Morgan fingerprint density at radius 1 is 1.29 bits per heavy atom. The molecule has 0 bridgehead atoms. The molecule has 0 spiro atoms. The molecule has 0 aliphatic rings. The summed E-state index contributed by atoms with van der Waals surface area (Å²) >= 11 is 0. The number of nitrogens with one attached hydrogen (secondary N) is 1. The van der Waals surface area contributed by atoms with E-state index in [1.165, 1.54) is 4.68 Å². The van der Waals surface area contributed by atoms with Crippen molar-refractivity contribution in [2.24, 2.45) is 5.92 Å². The highest BCUT2D eigenvalue weighted by molar-refractivity contribution is 5.87. The van der Waals surface area contributed by atoms with Gasteiger partial charge in [-0.1, -0.05) is 32.9 Å². The number of carboxylic acids is 1. The summed E-state index contributed by atoms with van der Waals surface area (Å²) in [5.74, 6) is -0.898. The Hall–Kier alpha value is -1.92. The molecule has 0 aliphatic carbocycles. The van der Waals surface area contributed by atoms with E-state index in [9.17, 15) is 14.7 Å². The van der Waals surface area contributed by atoms with Gasteiger partial charge in [-0.3, -0.25) is 4.79 Å². The number of rotatable bonds is 8. The van der Waals surface area contributed by atoms with Crippen LogP contribution in [0.5, 0.6) is 0 Å². The van der Waals surface area contributed by atoms with Crippen LogP contribution in [0, 0.1) is 5.92 Å². The minimum atomic E-state index is -1.11. The summed E-state index contributed by atoms with van der Waals surface area (Å²) in [6.07, 6.45) is 1.55. The molecule has 1 heterocycles. The van der Waals surface area contributed by atoms with E-state index in [0.29, 0.717) is 18.2 Å². The van der Waals surface area contributed by atoms with Crippen LogP contribution < -0.4 is 5.32 Å². The van der Waals surface area contributed by atoms with E-state index in [0.717, 1.165) is 12.8 Å². The summed E-state index contributed by atoms with van der Waals surface area (Å²) in [6.45, 7) is 8.56. The fourth-order valence-electron chi connectivity index (χ4n) is 2.18. The van der Waals surface area contributed by atoms with Gasteiger partial charge in [0.2, 0.25) is 5.91 Å². The highest BCUT2D eigenvalue weighted by Crippen LogP contribution is 2.25. The number of hydrogen-bond acceptors (Lipinski definition) is 4. The van der Waals surface area contributed by atoms with E-state index in [1.807, 2.05) is 27.7 Å². The summed E-state index contributed by atoms with van der Waals surface area (Å²) in [5.41, 5.74) is 0.479. The molecule has 0 radical (unpaired) electrons. The second-order valence-electron chi connectivity index (χ2n) is 5.50. The molecule has 1 amide bonds. The fraction of sp³-hybridized carbons (Fsp3) is 0.714. The molecule has 1 aromatic rings. The number of hydrogen-bond donors (Lipinski definition) is 2. The minimum Gasteiger partial charge on any atom is -0.476 e. The van der Waals surface area contributed by atoms with Gasteiger partial charge in [0.15, 0.2) is 5.69 Å². The highest BCUT2D eigenvalue weighted by Gasteiger charge is 2.25. The number of amides is 1. The van der Waals surface area contributed by atoms with Crippen molar-refractivity contribution in [3.05, 3.63) is 11.4 Å². The Kier molecular flexibility index (Phi) is 6.33. The molecule has 0 saturated carbocycles. The maximum atomic E-state index is 11.9. The second-order valence-corrected chi connectivity index (χ2v) is 5.50. The van der Waals surface area contributed by atoms with Gasteiger partial charge in [-0.25, -0.2) is 9.48 Å². The molecular formula is C14H24N4O3. The minimum absolute atomic E-state index is 0.00116. The van der Waals surface area contributed by atoms with Gasteiger partial charge in [0.05, 0.1) is 5.69 Å². The van der Waals surface area contributed by atoms with E-state index < -0.39 is 5.97 Å². The molecule has 2 N–H and O–H groups in total. The summed E-state index contributed by atoms with van der Waals surface area (Å²) in [7, 11) is 0. The highest BCUT2D eigenvalue weighted by atomic mass is 16.4. The van der Waals surface area contributed by atoms with Crippen molar-refractivity contribution >= 4 is 11.9 Å². The first kappa shape index (κ1) is 17.1. The van der Waals surface area contributed by atoms with Crippen molar-refractivity contribution < 1.29 is 14.7 Å². The molecule has 0 unspecified atom stereocenters. The van der Waals surface area contributed by atoms with Crippen molar-refractivity contribution in [2.45, 2.75) is 53.0 Å². The first-order valence-electron chi connectivity index (χ1n) is 7.33. The SMILES string of the molecule is CCC(CC)c1c(C(=O)O)nnn1CC(=O)NCC(C)C. The fourth-order valence-corrected chi connectivity index (χ4v) is 2.18. The average Bonchev–Trinajstić information content (AvgIpc) is 2.82.